The summed E-state index contributed by atoms with van der Waals surface area (Å²) < 4.78 is 33.3. The molecule has 0 saturated heterocycles. The molecule has 0 aliphatic heterocycles. The SMILES string of the molecule is COc1ccc(N(C)C(=O)CCc2ccc(S(=O)(=O)N[C@@H](C)c3ccccc3)cc2)cc1. The van der Waals surface area contributed by atoms with Crippen LogP contribution in [0.2, 0.25) is 0 Å². The van der Waals surface area contributed by atoms with Crippen molar-refractivity contribution in [3.8, 4) is 5.75 Å². The van der Waals surface area contributed by atoms with Crippen molar-refractivity contribution in [3.05, 3.63) is 90.0 Å². The molecular weight excluding hydrogens is 424 g/mol. The Morgan fingerprint density at radius 2 is 1.59 bits per heavy atom. The van der Waals surface area contributed by atoms with E-state index in [2.05, 4.69) is 4.72 Å². The first-order valence-electron chi connectivity index (χ1n) is 10.4. The highest BCUT2D eigenvalue weighted by Gasteiger charge is 2.18. The second-order valence-corrected chi connectivity index (χ2v) is 9.26. The number of nitrogens with zero attached hydrogens (tertiary/aromatic N) is 1. The normalized spacial score (nSPS) is 12.2. The number of amides is 1. The van der Waals surface area contributed by atoms with Crippen LogP contribution in [0.15, 0.2) is 83.8 Å². The zero-order valence-electron chi connectivity index (χ0n) is 18.5. The van der Waals surface area contributed by atoms with Gasteiger partial charge in [-0.3, -0.25) is 4.79 Å². The molecule has 1 atom stereocenters. The van der Waals surface area contributed by atoms with Crippen LogP contribution < -0.4 is 14.4 Å². The standard InChI is InChI=1S/C25H28N2O4S/c1-19(21-7-5-4-6-8-21)26-32(29,30)24-16-9-20(10-17-24)11-18-25(28)27(2)22-12-14-23(31-3)15-13-22/h4-10,12-17,19,26H,11,18H2,1-3H3/t19-/m0/s1. The number of methoxy groups -OCH3 is 1. The molecule has 7 heteroatoms. The summed E-state index contributed by atoms with van der Waals surface area (Å²) in [5, 5.41) is 0. The summed E-state index contributed by atoms with van der Waals surface area (Å²) >= 11 is 0. The highest BCUT2D eigenvalue weighted by atomic mass is 32.2. The molecule has 1 amide bonds. The highest BCUT2D eigenvalue weighted by Crippen LogP contribution is 2.20. The summed E-state index contributed by atoms with van der Waals surface area (Å²) in [6, 6.07) is 23.0. The maximum atomic E-state index is 12.7. The van der Waals surface area contributed by atoms with Gasteiger partial charge in [-0.15, -0.1) is 0 Å². The number of carbonyl (C=O) groups excluding carboxylic acids is 1. The van der Waals surface area contributed by atoms with Gasteiger partial charge in [-0.05, 0) is 60.9 Å². The van der Waals surface area contributed by atoms with E-state index in [9.17, 15) is 13.2 Å². The van der Waals surface area contributed by atoms with Crippen LogP contribution in [0.3, 0.4) is 0 Å². The number of anilines is 1. The molecule has 0 aliphatic rings. The Hall–Kier alpha value is -3.16. The largest absolute Gasteiger partial charge is 0.497 e. The molecule has 32 heavy (non-hydrogen) atoms. The minimum absolute atomic E-state index is 0.0229. The lowest BCUT2D eigenvalue weighted by molar-refractivity contribution is -0.118. The van der Waals surface area contributed by atoms with Crippen molar-refractivity contribution in [2.45, 2.75) is 30.7 Å². The summed E-state index contributed by atoms with van der Waals surface area (Å²) in [5.41, 5.74) is 2.58. The first kappa shape index (κ1) is 23.5. The summed E-state index contributed by atoms with van der Waals surface area (Å²) in [6.07, 6.45) is 0.839. The molecule has 3 aromatic rings. The van der Waals surface area contributed by atoms with Gasteiger partial charge >= 0.3 is 0 Å². The number of aryl methyl sites for hydroxylation is 1. The molecule has 6 nitrogen and oxygen atoms in total. The van der Waals surface area contributed by atoms with Crippen LogP contribution in [0.1, 0.15) is 30.5 Å². The summed E-state index contributed by atoms with van der Waals surface area (Å²) in [5.74, 6) is 0.711. The average Bonchev–Trinajstić information content (AvgIpc) is 2.82. The molecule has 0 spiro atoms. The molecule has 0 saturated carbocycles. The van der Waals surface area contributed by atoms with Crippen molar-refractivity contribution in [2.24, 2.45) is 0 Å². The number of carbonyl (C=O) groups is 1. The molecule has 3 aromatic carbocycles. The third-order valence-corrected chi connectivity index (χ3v) is 6.88. The molecule has 0 heterocycles. The maximum absolute atomic E-state index is 12.7. The Bertz CT molecular complexity index is 1130. The van der Waals surface area contributed by atoms with Gasteiger partial charge in [0, 0.05) is 25.2 Å². The number of hydrogen-bond acceptors (Lipinski definition) is 4. The van der Waals surface area contributed by atoms with Gasteiger partial charge in [-0.2, -0.15) is 0 Å². The van der Waals surface area contributed by atoms with Gasteiger partial charge in [0.1, 0.15) is 5.75 Å². The summed E-state index contributed by atoms with van der Waals surface area (Å²) in [4.78, 5) is 14.3. The van der Waals surface area contributed by atoms with Gasteiger partial charge in [0.2, 0.25) is 15.9 Å². The van der Waals surface area contributed by atoms with Gasteiger partial charge in [0.15, 0.2) is 0 Å². The fourth-order valence-corrected chi connectivity index (χ4v) is 4.55. The number of hydrogen-bond donors (Lipinski definition) is 1. The number of ether oxygens (including phenoxy) is 1. The predicted molar refractivity (Wildman–Crippen MR) is 126 cm³/mol. The second kappa shape index (κ2) is 10.4. The van der Waals surface area contributed by atoms with Gasteiger partial charge in [-0.1, -0.05) is 42.5 Å². The van der Waals surface area contributed by atoms with Crippen LogP contribution in [0.25, 0.3) is 0 Å². The van der Waals surface area contributed by atoms with E-state index in [1.54, 1.807) is 43.3 Å². The Kier molecular flexibility index (Phi) is 7.66. The van der Waals surface area contributed by atoms with Gasteiger partial charge < -0.3 is 9.64 Å². The lowest BCUT2D eigenvalue weighted by atomic mass is 10.1. The third kappa shape index (κ3) is 5.96. The Labute approximate surface area is 189 Å². The van der Waals surface area contributed by atoms with Crippen LogP contribution in [0.5, 0.6) is 5.75 Å². The van der Waals surface area contributed by atoms with Crippen molar-refractivity contribution in [1.29, 1.82) is 0 Å². The van der Waals surface area contributed by atoms with E-state index in [-0.39, 0.29) is 16.8 Å². The van der Waals surface area contributed by atoms with E-state index in [1.807, 2.05) is 61.5 Å². The topological polar surface area (TPSA) is 75.7 Å². The van der Waals surface area contributed by atoms with E-state index in [0.29, 0.717) is 12.8 Å². The van der Waals surface area contributed by atoms with Crippen LogP contribution in [-0.2, 0) is 21.2 Å². The molecule has 0 fully saturated rings. The van der Waals surface area contributed by atoms with Crippen LogP contribution >= 0.6 is 0 Å². The van der Waals surface area contributed by atoms with Crippen molar-refractivity contribution < 1.29 is 17.9 Å². The Balaban J connectivity index is 1.58. The number of sulfonamides is 1. The summed E-state index contributed by atoms with van der Waals surface area (Å²) in [7, 11) is -0.313. The van der Waals surface area contributed by atoms with Crippen LogP contribution in [-0.4, -0.2) is 28.5 Å². The summed E-state index contributed by atoms with van der Waals surface area (Å²) in [6.45, 7) is 1.81. The monoisotopic (exact) mass is 452 g/mol. The van der Waals surface area contributed by atoms with Crippen LogP contribution in [0.4, 0.5) is 5.69 Å². The number of rotatable bonds is 9. The van der Waals surface area contributed by atoms with Gasteiger partial charge in [-0.25, -0.2) is 13.1 Å². The van der Waals surface area contributed by atoms with Gasteiger partial charge in [0.05, 0.1) is 12.0 Å². The predicted octanol–water partition coefficient (Wildman–Crippen LogP) is 4.33. The smallest absolute Gasteiger partial charge is 0.241 e. The molecule has 3 rings (SSSR count). The van der Waals surface area contributed by atoms with E-state index < -0.39 is 10.0 Å². The Morgan fingerprint density at radius 1 is 0.969 bits per heavy atom. The van der Waals surface area contributed by atoms with Crippen molar-refractivity contribution in [3.63, 3.8) is 0 Å². The number of benzene rings is 3. The zero-order chi connectivity index (χ0) is 23.1. The molecule has 0 aliphatic carbocycles. The molecule has 0 unspecified atom stereocenters. The van der Waals surface area contributed by atoms with Crippen LogP contribution in [0, 0.1) is 0 Å². The Morgan fingerprint density at radius 3 is 2.19 bits per heavy atom. The first-order valence-corrected chi connectivity index (χ1v) is 11.9. The minimum atomic E-state index is -3.65. The molecule has 1 N–H and O–H groups in total. The zero-order valence-corrected chi connectivity index (χ0v) is 19.3. The highest BCUT2D eigenvalue weighted by molar-refractivity contribution is 7.89. The molecule has 0 bridgehead atoms. The van der Waals surface area contributed by atoms with Crippen molar-refractivity contribution in [2.75, 3.05) is 19.1 Å². The fraction of sp³-hybridized carbons (Fsp3) is 0.240. The lowest BCUT2D eigenvalue weighted by Gasteiger charge is -2.18. The minimum Gasteiger partial charge on any atom is -0.497 e. The third-order valence-electron chi connectivity index (χ3n) is 5.33. The van der Waals surface area contributed by atoms with Crippen molar-refractivity contribution >= 4 is 21.6 Å². The fourth-order valence-electron chi connectivity index (χ4n) is 3.31. The average molecular weight is 453 g/mol. The molecular formula is C25H28N2O4S. The van der Waals surface area contributed by atoms with E-state index in [4.69, 9.17) is 4.74 Å². The van der Waals surface area contributed by atoms with E-state index in [1.165, 1.54) is 0 Å². The second-order valence-electron chi connectivity index (χ2n) is 7.55. The molecule has 168 valence electrons. The molecule has 0 aromatic heterocycles. The van der Waals surface area contributed by atoms with E-state index in [0.717, 1.165) is 22.6 Å². The van der Waals surface area contributed by atoms with Gasteiger partial charge in [0.25, 0.3) is 0 Å². The van der Waals surface area contributed by atoms with E-state index >= 15 is 0 Å². The quantitative estimate of drug-likeness (QED) is 0.524. The van der Waals surface area contributed by atoms with Crippen molar-refractivity contribution in [1.82, 2.24) is 4.72 Å². The molecule has 0 radical (unpaired) electrons. The maximum Gasteiger partial charge on any atom is 0.241 e. The number of nitrogens with one attached hydrogen (secondary N) is 1. The lowest BCUT2D eigenvalue weighted by Crippen LogP contribution is -2.27. The first-order chi connectivity index (χ1) is 15.3.